The van der Waals surface area contributed by atoms with E-state index in [9.17, 15) is 4.79 Å². The molecule has 0 aromatic heterocycles. The van der Waals surface area contributed by atoms with E-state index in [4.69, 9.17) is 5.73 Å². The summed E-state index contributed by atoms with van der Waals surface area (Å²) >= 11 is 0. The van der Waals surface area contributed by atoms with Crippen LogP contribution in [0, 0.1) is 0 Å². The van der Waals surface area contributed by atoms with Crippen LogP contribution in [0.2, 0.25) is 0 Å². The molecule has 1 atom stereocenters. The van der Waals surface area contributed by atoms with Crippen LogP contribution in [0.15, 0.2) is 0 Å². The number of nitrogens with two attached hydrogens (primary N) is 1. The molecule has 0 saturated carbocycles. The molecule has 1 rings (SSSR count). The molecule has 1 heterocycles. The van der Waals surface area contributed by atoms with Crippen LogP contribution in [0.3, 0.4) is 0 Å². The van der Waals surface area contributed by atoms with Gasteiger partial charge in [-0.25, -0.2) is 0 Å². The minimum absolute atomic E-state index is 0.167. The zero-order chi connectivity index (χ0) is 14.8. The first-order valence-corrected chi connectivity index (χ1v) is 8.14. The lowest BCUT2D eigenvalue weighted by atomic mass is 10.1. The number of rotatable bonds is 9. The highest BCUT2D eigenvalue weighted by Crippen LogP contribution is 2.11. The second-order valence-electron chi connectivity index (χ2n) is 5.66. The fourth-order valence-corrected chi connectivity index (χ4v) is 2.79. The van der Waals surface area contributed by atoms with Gasteiger partial charge in [0, 0.05) is 38.8 Å². The third kappa shape index (κ3) is 6.20. The summed E-state index contributed by atoms with van der Waals surface area (Å²) in [6.07, 6.45) is 4.43. The summed E-state index contributed by atoms with van der Waals surface area (Å²) in [6.45, 7) is 10.6. The Morgan fingerprint density at radius 1 is 1.25 bits per heavy atom. The fraction of sp³-hybridized carbons (Fsp3) is 0.933. The van der Waals surface area contributed by atoms with Gasteiger partial charge < -0.3 is 11.1 Å². The zero-order valence-corrected chi connectivity index (χ0v) is 13.2. The lowest BCUT2D eigenvalue weighted by molar-refractivity contribution is -0.122. The highest BCUT2D eigenvalue weighted by atomic mass is 16.2. The maximum absolute atomic E-state index is 11.8. The minimum atomic E-state index is 0.167. The second-order valence-corrected chi connectivity index (χ2v) is 5.66. The average Bonchev–Trinajstić information content (AvgIpc) is 2.46. The molecule has 5 heteroatoms. The molecule has 0 radical (unpaired) electrons. The Balaban J connectivity index is 2.22. The number of amides is 1. The molecule has 1 aliphatic heterocycles. The first kappa shape index (κ1) is 17.4. The number of unbranched alkanes of at least 4 members (excludes halogenated alkanes) is 1. The fourth-order valence-electron chi connectivity index (χ4n) is 2.79. The predicted molar refractivity (Wildman–Crippen MR) is 83.7 cm³/mol. The number of nitrogens with one attached hydrogen (secondary N) is 1. The smallest absolute Gasteiger partial charge is 0.234 e. The highest BCUT2D eigenvalue weighted by Gasteiger charge is 2.23. The van der Waals surface area contributed by atoms with Crippen LogP contribution in [-0.2, 0) is 4.79 Å². The van der Waals surface area contributed by atoms with Gasteiger partial charge in [0.15, 0.2) is 0 Å². The number of carbonyl (C=O) groups is 1. The Bertz CT molecular complexity index is 265. The van der Waals surface area contributed by atoms with Crippen LogP contribution in [0.25, 0.3) is 0 Å². The van der Waals surface area contributed by atoms with E-state index in [-0.39, 0.29) is 5.91 Å². The van der Waals surface area contributed by atoms with Gasteiger partial charge in [-0.3, -0.25) is 14.6 Å². The molecular weight excluding hydrogens is 252 g/mol. The number of carbonyl (C=O) groups excluding carboxylic acids is 1. The molecule has 1 unspecified atom stereocenters. The molecule has 118 valence electrons. The molecule has 1 amide bonds. The van der Waals surface area contributed by atoms with Gasteiger partial charge in [0.25, 0.3) is 0 Å². The largest absolute Gasteiger partial charge is 0.355 e. The van der Waals surface area contributed by atoms with Crippen molar-refractivity contribution in [2.75, 3.05) is 45.8 Å². The molecule has 1 saturated heterocycles. The van der Waals surface area contributed by atoms with Crippen molar-refractivity contribution in [3.8, 4) is 0 Å². The zero-order valence-electron chi connectivity index (χ0n) is 13.2. The van der Waals surface area contributed by atoms with Gasteiger partial charge in [0.2, 0.25) is 5.91 Å². The van der Waals surface area contributed by atoms with E-state index < -0.39 is 0 Å². The van der Waals surface area contributed by atoms with Gasteiger partial charge in [0.05, 0.1) is 6.54 Å². The van der Waals surface area contributed by atoms with Crippen molar-refractivity contribution in [2.45, 2.75) is 45.6 Å². The maximum atomic E-state index is 11.8. The summed E-state index contributed by atoms with van der Waals surface area (Å²) in [5.41, 5.74) is 5.67. The van der Waals surface area contributed by atoms with Crippen LogP contribution in [0.5, 0.6) is 0 Å². The molecule has 0 aromatic rings. The lowest BCUT2D eigenvalue weighted by Crippen LogP contribution is -2.52. The van der Waals surface area contributed by atoms with Crippen molar-refractivity contribution in [1.29, 1.82) is 0 Å². The van der Waals surface area contributed by atoms with E-state index in [2.05, 4.69) is 29.0 Å². The molecule has 0 aliphatic carbocycles. The Labute approximate surface area is 123 Å². The Morgan fingerprint density at radius 2 is 1.95 bits per heavy atom. The van der Waals surface area contributed by atoms with E-state index in [0.717, 1.165) is 65.0 Å². The van der Waals surface area contributed by atoms with E-state index in [1.807, 2.05) is 0 Å². The monoisotopic (exact) mass is 284 g/mol. The second kappa shape index (κ2) is 10.1. The van der Waals surface area contributed by atoms with E-state index >= 15 is 0 Å². The molecule has 1 fully saturated rings. The average molecular weight is 284 g/mol. The number of nitrogens with zero attached hydrogens (tertiary/aromatic N) is 2. The minimum Gasteiger partial charge on any atom is -0.355 e. The standard InChI is InChI=1S/C15H32N4O/c1-3-5-8-17-15(20)13-18-9-11-19(12-10-18)14(4-2)6-7-16/h14H,3-13,16H2,1-2H3,(H,17,20). The molecule has 3 N–H and O–H groups in total. The SMILES string of the molecule is CCCCNC(=O)CN1CCN(C(CC)CCN)CC1. The van der Waals surface area contributed by atoms with Crippen LogP contribution in [0.4, 0.5) is 0 Å². The summed E-state index contributed by atoms with van der Waals surface area (Å²) in [5, 5.41) is 2.99. The maximum Gasteiger partial charge on any atom is 0.234 e. The van der Waals surface area contributed by atoms with Crippen LogP contribution in [-0.4, -0.2) is 67.6 Å². The molecule has 1 aliphatic rings. The van der Waals surface area contributed by atoms with Crippen molar-refractivity contribution >= 4 is 5.91 Å². The van der Waals surface area contributed by atoms with Crippen molar-refractivity contribution in [3.63, 3.8) is 0 Å². The Hall–Kier alpha value is -0.650. The number of hydrogen-bond acceptors (Lipinski definition) is 4. The van der Waals surface area contributed by atoms with Crippen molar-refractivity contribution in [3.05, 3.63) is 0 Å². The quantitative estimate of drug-likeness (QED) is 0.610. The summed E-state index contributed by atoms with van der Waals surface area (Å²) in [4.78, 5) is 16.6. The molecule has 0 spiro atoms. The first-order valence-electron chi connectivity index (χ1n) is 8.14. The topological polar surface area (TPSA) is 61.6 Å². The van der Waals surface area contributed by atoms with Crippen molar-refractivity contribution in [1.82, 2.24) is 15.1 Å². The molecular formula is C15H32N4O. The molecule has 0 bridgehead atoms. The third-order valence-corrected chi connectivity index (χ3v) is 4.11. The molecule has 0 aromatic carbocycles. The lowest BCUT2D eigenvalue weighted by Gasteiger charge is -2.38. The van der Waals surface area contributed by atoms with Gasteiger partial charge in [-0.1, -0.05) is 20.3 Å². The summed E-state index contributed by atoms with van der Waals surface area (Å²) < 4.78 is 0. The van der Waals surface area contributed by atoms with E-state index in [1.165, 1.54) is 0 Å². The number of hydrogen-bond donors (Lipinski definition) is 2. The van der Waals surface area contributed by atoms with E-state index in [1.54, 1.807) is 0 Å². The normalized spacial score (nSPS) is 18.9. The molecule has 5 nitrogen and oxygen atoms in total. The van der Waals surface area contributed by atoms with Gasteiger partial charge in [-0.15, -0.1) is 0 Å². The Kier molecular flexibility index (Phi) is 8.82. The Morgan fingerprint density at radius 3 is 2.50 bits per heavy atom. The van der Waals surface area contributed by atoms with Gasteiger partial charge >= 0.3 is 0 Å². The first-order chi connectivity index (χ1) is 9.71. The van der Waals surface area contributed by atoms with E-state index in [0.29, 0.717) is 12.6 Å². The predicted octanol–water partition coefficient (Wildman–Crippen LogP) is 0.648. The third-order valence-electron chi connectivity index (χ3n) is 4.11. The van der Waals surface area contributed by atoms with Gasteiger partial charge in [-0.2, -0.15) is 0 Å². The van der Waals surface area contributed by atoms with Crippen molar-refractivity contribution in [2.24, 2.45) is 5.73 Å². The summed E-state index contributed by atoms with van der Waals surface area (Å²) in [6, 6.07) is 0.612. The highest BCUT2D eigenvalue weighted by molar-refractivity contribution is 5.77. The van der Waals surface area contributed by atoms with Crippen LogP contribution in [0.1, 0.15) is 39.5 Å². The van der Waals surface area contributed by atoms with Gasteiger partial charge in [-0.05, 0) is 25.8 Å². The molecule has 20 heavy (non-hydrogen) atoms. The van der Waals surface area contributed by atoms with Crippen LogP contribution >= 0.6 is 0 Å². The summed E-state index contributed by atoms with van der Waals surface area (Å²) in [5.74, 6) is 0.167. The van der Waals surface area contributed by atoms with Crippen LogP contribution < -0.4 is 11.1 Å². The van der Waals surface area contributed by atoms with Gasteiger partial charge in [0.1, 0.15) is 0 Å². The summed E-state index contributed by atoms with van der Waals surface area (Å²) in [7, 11) is 0. The number of piperazine rings is 1. The van der Waals surface area contributed by atoms with Crippen molar-refractivity contribution < 1.29 is 4.79 Å².